The maximum absolute atomic E-state index is 12.0. The molecule has 3 N–H and O–H groups in total. The summed E-state index contributed by atoms with van der Waals surface area (Å²) in [5, 5.41) is 2.74. The number of nitrogens with two attached hydrogens (primary N) is 1. The third-order valence-electron chi connectivity index (χ3n) is 2.93. The molecular formula is C16H13ClF2N2O4. The van der Waals surface area contributed by atoms with Crippen LogP contribution >= 0.6 is 11.6 Å². The fraction of sp³-hybridized carbons (Fsp3) is 0.125. The van der Waals surface area contributed by atoms with E-state index >= 15 is 0 Å². The predicted molar refractivity (Wildman–Crippen MR) is 87.9 cm³/mol. The molecule has 0 fully saturated rings. The quantitative estimate of drug-likeness (QED) is 0.601. The van der Waals surface area contributed by atoms with Crippen molar-refractivity contribution in [1.29, 1.82) is 0 Å². The summed E-state index contributed by atoms with van der Waals surface area (Å²) in [5.74, 6) is -1.46. The Kier molecular flexibility index (Phi) is 6.13. The second-order valence-electron chi connectivity index (χ2n) is 4.76. The molecule has 0 bridgehead atoms. The lowest BCUT2D eigenvalue weighted by Crippen LogP contribution is -2.21. The van der Waals surface area contributed by atoms with Gasteiger partial charge in [0.25, 0.3) is 5.91 Å². The Morgan fingerprint density at radius 3 is 2.48 bits per heavy atom. The summed E-state index contributed by atoms with van der Waals surface area (Å²) in [6, 6.07) is 9.56. The van der Waals surface area contributed by atoms with E-state index in [0.29, 0.717) is 10.7 Å². The molecule has 1 amide bonds. The molecule has 0 aliphatic heterocycles. The van der Waals surface area contributed by atoms with E-state index in [2.05, 4.69) is 10.1 Å². The molecule has 0 heterocycles. The molecule has 0 atom stereocenters. The molecule has 25 heavy (non-hydrogen) atoms. The van der Waals surface area contributed by atoms with Gasteiger partial charge in [-0.05, 0) is 42.5 Å². The molecule has 2 aromatic rings. The van der Waals surface area contributed by atoms with E-state index in [1.165, 1.54) is 42.5 Å². The number of halogens is 3. The molecule has 0 spiro atoms. The third-order valence-corrected chi connectivity index (χ3v) is 3.17. The van der Waals surface area contributed by atoms with Gasteiger partial charge in [0, 0.05) is 16.4 Å². The minimum Gasteiger partial charge on any atom is -0.452 e. The average molecular weight is 371 g/mol. The van der Waals surface area contributed by atoms with Crippen LogP contribution in [0.1, 0.15) is 10.4 Å². The largest absolute Gasteiger partial charge is 0.452 e. The standard InChI is InChI=1S/C16H13ClF2N2O4/c17-9-1-6-13(20)12(7-9)15(23)24-8-14(22)21-10-2-4-11(5-3-10)25-16(18)19/h1-7,16H,8,20H2,(H,21,22). The SMILES string of the molecule is Nc1ccc(Cl)cc1C(=O)OCC(=O)Nc1ccc(OC(F)F)cc1. The van der Waals surface area contributed by atoms with Crippen LogP contribution in [0.4, 0.5) is 20.2 Å². The summed E-state index contributed by atoms with van der Waals surface area (Å²) in [6.07, 6.45) is 0. The molecule has 0 saturated carbocycles. The van der Waals surface area contributed by atoms with E-state index < -0.39 is 25.1 Å². The van der Waals surface area contributed by atoms with Gasteiger partial charge in [-0.1, -0.05) is 11.6 Å². The molecule has 2 aromatic carbocycles. The number of nitrogens with one attached hydrogen (secondary N) is 1. The normalized spacial score (nSPS) is 10.4. The van der Waals surface area contributed by atoms with E-state index in [1.54, 1.807) is 0 Å². The Balaban J connectivity index is 1.88. The van der Waals surface area contributed by atoms with Gasteiger partial charge in [-0.15, -0.1) is 0 Å². The highest BCUT2D eigenvalue weighted by atomic mass is 35.5. The van der Waals surface area contributed by atoms with Crippen LogP contribution in [0, 0.1) is 0 Å². The molecule has 6 nitrogen and oxygen atoms in total. The Hall–Kier alpha value is -2.87. The predicted octanol–water partition coefficient (Wildman–Crippen LogP) is 3.32. The fourth-order valence-corrected chi connectivity index (χ4v) is 2.00. The Morgan fingerprint density at radius 2 is 1.84 bits per heavy atom. The van der Waals surface area contributed by atoms with E-state index in [9.17, 15) is 18.4 Å². The Bertz CT molecular complexity index is 769. The number of amides is 1. The number of hydrogen-bond donors (Lipinski definition) is 2. The van der Waals surface area contributed by atoms with Crippen LogP contribution in [0.15, 0.2) is 42.5 Å². The van der Waals surface area contributed by atoms with Gasteiger partial charge < -0.3 is 20.5 Å². The number of anilines is 2. The number of rotatable bonds is 6. The van der Waals surface area contributed by atoms with Crippen molar-refractivity contribution in [3.05, 3.63) is 53.1 Å². The van der Waals surface area contributed by atoms with Gasteiger partial charge in [-0.2, -0.15) is 8.78 Å². The van der Waals surface area contributed by atoms with Gasteiger partial charge in [0.1, 0.15) is 5.75 Å². The first-order chi connectivity index (χ1) is 11.8. The topological polar surface area (TPSA) is 90.7 Å². The molecule has 0 saturated heterocycles. The van der Waals surface area contributed by atoms with Crippen molar-refractivity contribution in [2.24, 2.45) is 0 Å². The van der Waals surface area contributed by atoms with Gasteiger partial charge in [-0.3, -0.25) is 4.79 Å². The van der Waals surface area contributed by atoms with Crippen molar-refractivity contribution in [3.8, 4) is 5.75 Å². The number of ether oxygens (including phenoxy) is 2. The summed E-state index contributed by atoms with van der Waals surface area (Å²) >= 11 is 5.78. The zero-order valence-corrected chi connectivity index (χ0v) is 13.4. The molecule has 9 heteroatoms. The highest BCUT2D eigenvalue weighted by Gasteiger charge is 2.14. The van der Waals surface area contributed by atoms with Crippen LogP contribution in [-0.2, 0) is 9.53 Å². The highest BCUT2D eigenvalue weighted by molar-refractivity contribution is 6.31. The number of nitrogen functional groups attached to an aromatic ring is 1. The summed E-state index contributed by atoms with van der Waals surface area (Å²) in [7, 11) is 0. The maximum atomic E-state index is 12.0. The summed E-state index contributed by atoms with van der Waals surface area (Å²) in [5.41, 5.74) is 6.19. The first kappa shape index (κ1) is 18.5. The highest BCUT2D eigenvalue weighted by Crippen LogP contribution is 2.19. The average Bonchev–Trinajstić information content (AvgIpc) is 2.56. The first-order valence-corrected chi connectivity index (χ1v) is 7.30. The van der Waals surface area contributed by atoms with Crippen LogP contribution in [-0.4, -0.2) is 25.1 Å². The Morgan fingerprint density at radius 1 is 1.16 bits per heavy atom. The van der Waals surface area contributed by atoms with Crippen LogP contribution in [0.2, 0.25) is 5.02 Å². The van der Waals surface area contributed by atoms with Crippen molar-refractivity contribution in [2.75, 3.05) is 17.7 Å². The number of hydrogen-bond acceptors (Lipinski definition) is 5. The number of esters is 1. The summed E-state index contributed by atoms with van der Waals surface area (Å²) in [4.78, 5) is 23.7. The lowest BCUT2D eigenvalue weighted by atomic mass is 10.2. The second kappa shape index (κ2) is 8.29. The smallest absolute Gasteiger partial charge is 0.387 e. The molecule has 0 aliphatic carbocycles. The lowest BCUT2D eigenvalue weighted by Gasteiger charge is -2.09. The molecule has 0 unspecified atom stereocenters. The zero-order chi connectivity index (χ0) is 18.4. The first-order valence-electron chi connectivity index (χ1n) is 6.92. The maximum Gasteiger partial charge on any atom is 0.387 e. The van der Waals surface area contributed by atoms with Crippen molar-refractivity contribution in [1.82, 2.24) is 0 Å². The van der Waals surface area contributed by atoms with Crippen molar-refractivity contribution < 1.29 is 27.8 Å². The molecule has 0 aromatic heterocycles. The second-order valence-corrected chi connectivity index (χ2v) is 5.20. The molecule has 0 aliphatic rings. The molecule has 2 rings (SSSR count). The summed E-state index contributed by atoms with van der Waals surface area (Å²) < 4.78 is 33.1. The summed E-state index contributed by atoms with van der Waals surface area (Å²) in [6.45, 7) is -3.49. The van der Waals surface area contributed by atoms with Crippen molar-refractivity contribution in [2.45, 2.75) is 6.61 Å². The monoisotopic (exact) mass is 370 g/mol. The Labute approximate surface area is 146 Å². The van der Waals surface area contributed by atoms with Crippen LogP contribution < -0.4 is 15.8 Å². The van der Waals surface area contributed by atoms with Gasteiger partial charge in [0.15, 0.2) is 6.61 Å². The molecular weight excluding hydrogens is 358 g/mol. The van der Waals surface area contributed by atoms with Crippen LogP contribution in [0.3, 0.4) is 0 Å². The lowest BCUT2D eigenvalue weighted by molar-refractivity contribution is -0.119. The van der Waals surface area contributed by atoms with Crippen LogP contribution in [0.5, 0.6) is 5.75 Å². The van der Waals surface area contributed by atoms with Gasteiger partial charge in [-0.25, -0.2) is 4.79 Å². The third kappa shape index (κ3) is 5.61. The van der Waals surface area contributed by atoms with E-state index in [-0.39, 0.29) is 17.0 Å². The zero-order valence-electron chi connectivity index (χ0n) is 12.7. The van der Waals surface area contributed by atoms with Gasteiger partial charge in [0.05, 0.1) is 5.56 Å². The van der Waals surface area contributed by atoms with Crippen molar-refractivity contribution in [3.63, 3.8) is 0 Å². The molecule has 132 valence electrons. The van der Waals surface area contributed by atoms with Crippen LogP contribution in [0.25, 0.3) is 0 Å². The van der Waals surface area contributed by atoms with Gasteiger partial charge >= 0.3 is 12.6 Å². The van der Waals surface area contributed by atoms with Gasteiger partial charge in [0.2, 0.25) is 0 Å². The minimum absolute atomic E-state index is 0.0455. The number of carbonyl (C=O) groups is 2. The van der Waals surface area contributed by atoms with E-state index in [0.717, 1.165) is 0 Å². The van der Waals surface area contributed by atoms with Crippen molar-refractivity contribution >= 4 is 34.9 Å². The fourth-order valence-electron chi connectivity index (χ4n) is 1.83. The van der Waals surface area contributed by atoms with E-state index in [4.69, 9.17) is 22.1 Å². The van der Waals surface area contributed by atoms with E-state index in [1.807, 2.05) is 0 Å². The number of carbonyl (C=O) groups excluding carboxylic acids is 2. The number of benzene rings is 2. The number of alkyl halides is 2. The minimum atomic E-state index is -2.93. The molecule has 0 radical (unpaired) electrons.